The van der Waals surface area contributed by atoms with Crippen LogP contribution in [-0.2, 0) is 20.9 Å². The zero-order valence-electron chi connectivity index (χ0n) is 18.1. The van der Waals surface area contributed by atoms with E-state index >= 15 is 0 Å². The topological polar surface area (TPSA) is 62.7 Å². The van der Waals surface area contributed by atoms with Gasteiger partial charge >= 0.3 is 0 Å². The zero-order valence-corrected chi connectivity index (χ0v) is 19.8. The quantitative estimate of drug-likeness (QED) is 0.409. The maximum atomic E-state index is 14.3. The second-order valence-corrected chi connectivity index (χ2v) is 9.50. The molecule has 2 aromatic heterocycles. The van der Waals surface area contributed by atoms with Gasteiger partial charge in [-0.15, -0.1) is 22.7 Å². The lowest BCUT2D eigenvalue weighted by Gasteiger charge is -2.23. The maximum absolute atomic E-state index is 14.3. The van der Waals surface area contributed by atoms with E-state index in [1.165, 1.54) is 41.4 Å². The monoisotopic (exact) mass is 485 g/mol. The van der Waals surface area contributed by atoms with Crippen LogP contribution in [0, 0.1) is 5.82 Å². The number of carbonyl (C=O) groups is 2. The lowest BCUT2D eigenvalue weighted by Crippen LogP contribution is -2.35. The number of amides is 2. The summed E-state index contributed by atoms with van der Waals surface area (Å²) in [5.74, 6) is -0.987. The number of hydrogen-bond acceptors (Lipinski definition) is 6. The van der Waals surface area contributed by atoms with Gasteiger partial charge in [-0.3, -0.25) is 14.5 Å². The molecule has 1 aliphatic heterocycles. The normalized spacial score (nSPS) is 15.8. The number of benzene rings is 1. The van der Waals surface area contributed by atoms with Crippen molar-refractivity contribution in [2.75, 3.05) is 18.1 Å². The Kier molecular flexibility index (Phi) is 7.64. The SMILES string of the molecule is CC(=O)N(c1nc(/C=C/C(=O)N(Cc2cccs2)CC2CCCO2)cs1)c1ccccc1F. The van der Waals surface area contributed by atoms with E-state index in [2.05, 4.69) is 4.98 Å². The number of para-hydroxylation sites is 1. The molecule has 1 aromatic carbocycles. The van der Waals surface area contributed by atoms with E-state index in [0.717, 1.165) is 24.3 Å². The molecule has 1 saturated heterocycles. The van der Waals surface area contributed by atoms with Crippen LogP contribution in [0.15, 0.2) is 53.2 Å². The Labute approximate surface area is 199 Å². The Morgan fingerprint density at radius 3 is 2.79 bits per heavy atom. The summed E-state index contributed by atoms with van der Waals surface area (Å²) >= 11 is 2.82. The largest absolute Gasteiger partial charge is 0.376 e. The summed E-state index contributed by atoms with van der Waals surface area (Å²) in [6.45, 7) is 3.15. The minimum atomic E-state index is -0.506. The van der Waals surface area contributed by atoms with Gasteiger partial charge in [0.05, 0.1) is 24.0 Å². The van der Waals surface area contributed by atoms with Crippen LogP contribution in [0.3, 0.4) is 0 Å². The Bertz CT molecular complexity index is 1120. The highest BCUT2D eigenvalue weighted by molar-refractivity contribution is 7.14. The fourth-order valence-corrected chi connectivity index (χ4v) is 5.18. The smallest absolute Gasteiger partial charge is 0.247 e. The maximum Gasteiger partial charge on any atom is 0.247 e. The predicted octanol–water partition coefficient (Wildman–Crippen LogP) is 5.25. The number of aromatic nitrogens is 1. The molecular weight excluding hydrogens is 461 g/mol. The fourth-order valence-electron chi connectivity index (χ4n) is 3.62. The van der Waals surface area contributed by atoms with E-state index in [4.69, 9.17) is 4.74 Å². The molecule has 0 N–H and O–H groups in total. The van der Waals surface area contributed by atoms with Crippen LogP contribution in [0.25, 0.3) is 6.08 Å². The zero-order chi connectivity index (χ0) is 23.2. The highest BCUT2D eigenvalue weighted by atomic mass is 32.1. The Morgan fingerprint density at radius 2 is 2.09 bits per heavy atom. The first-order chi connectivity index (χ1) is 16.0. The van der Waals surface area contributed by atoms with E-state index < -0.39 is 5.82 Å². The first-order valence-corrected chi connectivity index (χ1v) is 12.4. The molecule has 1 unspecified atom stereocenters. The van der Waals surface area contributed by atoms with Gasteiger partial charge < -0.3 is 9.64 Å². The molecule has 0 saturated carbocycles. The molecule has 6 nitrogen and oxygen atoms in total. The van der Waals surface area contributed by atoms with Gasteiger partial charge in [-0.1, -0.05) is 18.2 Å². The van der Waals surface area contributed by atoms with Crippen molar-refractivity contribution in [2.24, 2.45) is 0 Å². The average molecular weight is 486 g/mol. The van der Waals surface area contributed by atoms with Crippen LogP contribution >= 0.6 is 22.7 Å². The summed E-state index contributed by atoms with van der Waals surface area (Å²) in [6, 6.07) is 10.0. The number of nitrogens with zero attached hydrogens (tertiary/aromatic N) is 3. The lowest BCUT2D eigenvalue weighted by atomic mass is 10.2. The molecule has 1 aliphatic rings. The number of hydrogen-bond donors (Lipinski definition) is 0. The van der Waals surface area contributed by atoms with E-state index in [0.29, 0.717) is 23.9 Å². The molecule has 9 heteroatoms. The summed E-state index contributed by atoms with van der Waals surface area (Å²) in [5, 5.41) is 4.07. The number of thiazole rings is 1. The molecule has 172 valence electrons. The van der Waals surface area contributed by atoms with Crippen molar-refractivity contribution in [1.29, 1.82) is 0 Å². The van der Waals surface area contributed by atoms with Crippen LogP contribution in [0.4, 0.5) is 15.2 Å². The number of ether oxygens (including phenoxy) is 1. The molecule has 1 atom stereocenters. The van der Waals surface area contributed by atoms with Gasteiger partial charge in [-0.2, -0.15) is 0 Å². The van der Waals surface area contributed by atoms with Crippen LogP contribution in [0.5, 0.6) is 0 Å². The van der Waals surface area contributed by atoms with Crippen LogP contribution in [0.2, 0.25) is 0 Å². The van der Waals surface area contributed by atoms with Crippen LogP contribution in [0.1, 0.15) is 30.3 Å². The Morgan fingerprint density at radius 1 is 1.24 bits per heavy atom. The van der Waals surface area contributed by atoms with Crippen LogP contribution in [-0.4, -0.2) is 41.0 Å². The predicted molar refractivity (Wildman–Crippen MR) is 129 cm³/mol. The third-order valence-electron chi connectivity index (χ3n) is 5.19. The van der Waals surface area contributed by atoms with Gasteiger partial charge in [0.2, 0.25) is 11.8 Å². The lowest BCUT2D eigenvalue weighted by molar-refractivity contribution is -0.128. The molecule has 4 rings (SSSR count). The van der Waals surface area contributed by atoms with Crippen molar-refractivity contribution >= 4 is 51.4 Å². The van der Waals surface area contributed by atoms with Gasteiger partial charge in [0.25, 0.3) is 0 Å². The van der Waals surface area contributed by atoms with Gasteiger partial charge in [0, 0.05) is 36.4 Å². The third-order valence-corrected chi connectivity index (χ3v) is 6.90. The van der Waals surface area contributed by atoms with Gasteiger partial charge in [0.1, 0.15) is 5.82 Å². The molecule has 1 fully saturated rings. The highest BCUT2D eigenvalue weighted by Gasteiger charge is 2.23. The Hall–Kier alpha value is -2.88. The molecule has 3 heterocycles. The van der Waals surface area contributed by atoms with E-state index in [9.17, 15) is 14.0 Å². The fraction of sp³-hybridized carbons (Fsp3) is 0.292. The number of rotatable bonds is 8. The van der Waals surface area contributed by atoms with Gasteiger partial charge in [-0.25, -0.2) is 9.37 Å². The molecule has 3 aromatic rings. The van der Waals surface area contributed by atoms with Crippen molar-refractivity contribution in [3.63, 3.8) is 0 Å². The average Bonchev–Trinajstić information content (AvgIpc) is 3.57. The molecule has 33 heavy (non-hydrogen) atoms. The van der Waals surface area contributed by atoms with Crippen molar-refractivity contribution in [3.05, 3.63) is 69.6 Å². The first-order valence-electron chi connectivity index (χ1n) is 10.6. The number of carbonyl (C=O) groups excluding carboxylic acids is 2. The van der Waals surface area contributed by atoms with E-state index in [1.807, 2.05) is 17.5 Å². The molecule has 0 radical (unpaired) electrons. The highest BCUT2D eigenvalue weighted by Crippen LogP contribution is 2.31. The second kappa shape index (κ2) is 10.8. The molecule has 0 bridgehead atoms. The number of thiophene rings is 1. The Balaban J connectivity index is 1.49. The molecule has 0 aliphatic carbocycles. The number of halogens is 1. The minimum Gasteiger partial charge on any atom is -0.376 e. The molecule has 2 amide bonds. The van der Waals surface area contributed by atoms with Crippen molar-refractivity contribution in [3.8, 4) is 0 Å². The standard InChI is InChI=1S/C24H24FN3O3S2/c1-17(29)28(22-9-3-2-8-21(22)25)24-26-18(16-33-24)10-11-23(30)27(14-19-6-4-12-31-19)15-20-7-5-13-32-20/h2-3,5,7-11,13,16,19H,4,6,12,14-15H2,1H3/b11-10+. The molecule has 0 spiro atoms. The van der Waals surface area contributed by atoms with Crippen molar-refractivity contribution in [2.45, 2.75) is 32.4 Å². The third kappa shape index (κ3) is 5.93. The minimum absolute atomic E-state index is 0.0538. The summed E-state index contributed by atoms with van der Waals surface area (Å²) in [6.07, 6.45) is 5.13. The van der Waals surface area contributed by atoms with Crippen LogP contribution < -0.4 is 4.90 Å². The van der Waals surface area contributed by atoms with Gasteiger partial charge in [-0.05, 0) is 42.5 Å². The van der Waals surface area contributed by atoms with E-state index in [-0.39, 0.29) is 23.6 Å². The second-order valence-electron chi connectivity index (χ2n) is 7.63. The van der Waals surface area contributed by atoms with Crippen molar-refractivity contribution < 1.29 is 18.7 Å². The summed E-state index contributed by atoms with van der Waals surface area (Å²) in [7, 11) is 0. The molecular formula is C24H24FN3O3S2. The van der Waals surface area contributed by atoms with Gasteiger partial charge in [0.15, 0.2) is 5.13 Å². The van der Waals surface area contributed by atoms with Crippen molar-refractivity contribution in [1.82, 2.24) is 9.88 Å². The summed E-state index contributed by atoms with van der Waals surface area (Å²) in [5.41, 5.74) is 0.670. The number of anilines is 2. The summed E-state index contributed by atoms with van der Waals surface area (Å²) in [4.78, 5) is 33.8. The summed E-state index contributed by atoms with van der Waals surface area (Å²) < 4.78 is 20.0. The van der Waals surface area contributed by atoms with E-state index in [1.54, 1.807) is 39.8 Å². The first kappa shape index (κ1) is 23.3.